The summed E-state index contributed by atoms with van der Waals surface area (Å²) in [5.74, 6) is -0.511. The van der Waals surface area contributed by atoms with E-state index in [1.807, 2.05) is 0 Å². The van der Waals surface area contributed by atoms with Gasteiger partial charge < -0.3 is 19.4 Å². The van der Waals surface area contributed by atoms with E-state index in [9.17, 15) is 22.8 Å². The van der Waals surface area contributed by atoms with Crippen molar-refractivity contribution in [3.8, 4) is 11.4 Å². The van der Waals surface area contributed by atoms with Crippen LogP contribution in [0.15, 0.2) is 53.5 Å². The molecule has 4 aromatic rings. The van der Waals surface area contributed by atoms with Crippen molar-refractivity contribution in [2.24, 2.45) is 0 Å². The molecule has 3 heterocycles. The maximum absolute atomic E-state index is 13.0. The Hall–Kier alpha value is -3.90. The normalized spacial score (nSPS) is 14.2. The molecule has 5 rings (SSSR count). The number of rotatable bonds is 5. The highest BCUT2D eigenvalue weighted by Gasteiger charge is 2.32. The second-order valence-electron chi connectivity index (χ2n) is 8.21. The quantitative estimate of drug-likeness (QED) is 0.419. The lowest BCUT2D eigenvalue weighted by Crippen LogP contribution is -2.40. The molecule has 0 atom stereocenters. The summed E-state index contributed by atoms with van der Waals surface area (Å²) in [5.41, 5.74) is 0.460. The van der Waals surface area contributed by atoms with Crippen molar-refractivity contribution in [3.05, 3.63) is 81.0 Å². The van der Waals surface area contributed by atoms with Gasteiger partial charge in [0.1, 0.15) is 17.0 Å². The number of amides is 1. The second kappa shape index (κ2) is 9.87. The van der Waals surface area contributed by atoms with Crippen molar-refractivity contribution in [1.29, 1.82) is 0 Å². The Bertz CT molecular complexity index is 1530. The van der Waals surface area contributed by atoms with Crippen molar-refractivity contribution in [3.63, 3.8) is 0 Å². The summed E-state index contributed by atoms with van der Waals surface area (Å²) in [7, 11) is 0. The molecule has 37 heavy (non-hydrogen) atoms. The Morgan fingerprint density at radius 1 is 1.16 bits per heavy atom. The van der Waals surface area contributed by atoms with Gasteiger partial charge in [-0.3, -0.25) is 9.59 Å². The highest BCUT2D eigenvalue weighted by molar-refractivity contribution is 6.32. The van der Waals surface area contributed by atoms with E-state index in [2.05, 4.69) is 19.8 Å². The van der Waals surface area contributed by atoms with Crippen molar-refractivity contribution in [2.45, 2.75) is 12.8 Å². The highest BCUT2D eigenvalue weighted by atomic mass is 35.5. The summed E-state index contributed by atoms with van der Waals surface area (Å²) in [6.45, 7) is 1.81. The third-order valence-electron chi connectivity index (χ3n) is 5.76. The molecule has 1 aliphatic rings. The molecule has 192 valence electrons. The minimum absolute atomic E-state index is 0.0918. The molecule has 0 radical (unpaired) electrons. The number of para-hydroxylation sites is 1. The maximum atomic E-state index is 13.0. The van der Waals surface area contributed by atoms with E-state index in [4.69, 9.17) is 16.3 Å². The standard InChI is InChI=1S/C24H19ClF3N5O4/c25-17-6-5-15(23(35)32-7-9-36-10-8-32)11-18(17)33-21-16(13-29-33)22(34)31-20(30-21)12-14-3-1-2-4-19(14)37-24(26,27)28/h1-6,11,13H,7-10,12H2,(H,30,31,34). The Morgan fingerprint density at radius 3 is 2.68 bits per heavy atom. The Morgan fingerprint density at radius 2 is 1.92 bits per heavy atom. The van der Waals surface area contributed by atoms with Crippen LogP contribution >= 0.6 is 11.6 Å². The number of morpholine rings is 1. The smallest absolute Gasteiger partial charge is 0.405 e. The molecule has 2 aromatic heterocycles. The molecule has 1 N–H and O–H groups in total. The van der Waals surface area contributed by atoms with E-state index >= 15 is 0 Å². The molecule has 0 aliphatic carbocycles. The lowest BCUT2D eigenvalue weighted by atomic mass is 10.1. The Balaban J connectivity index is 1.53. The number of carbonyl (C=O) groups is 1. The van der Waals surface area contributed by atoms with Crippen molar-refractivity contribution >= 4 is 28.5 Å². The second-order valence-corrected chi connectivity index (χ2v) is 8.62. The molecule has 0 bridgehead atoms. The van der Waals surface area contributed by atoms with Gasteiger partial charge in [-0.1, -0.05) is 29.8 Å². The third kappa shape index (κ3) is 5.30. The van der Waals surface area contributed by atoms with Crippen LogP contribution in [-0.2, 0) is 11.2 Å². The number of halogens is 4. The van der Waals surface area contributed by atoms with Crippen molar-refractivity contribution in [2.75, 3.05) is 26.3 Å². The molecule has 0 unspecified atom stereocenters. The van der Waals surface area contributed by atoms with Crippen LogP contribution in [-0.4, -0.2) is 63.2 Å². The van der Waals surface area contributed by atoms with Crippen LogP contribution in [0.1, 0.15) is 21.7 Å². The number of hydrogen-bond donors (Lipinski definition) is 1. The number of aromatic nitrogens is 4. The molecule has 9 nitrogen and oxygen atoms in total. The molecule has 0 saturated carbocycles. The first-order valence-corrected chi connectivity index (χ1v) is 11.5. The van der Waals surface area contributed by atoms with Gasteiger partial charge in [-0.15, -0.1) is 13.2 Å². The van der Waals surface area contributed by atoms with Crippen LogP contribution in [0.5, 0.6) is 5.75 Å². The number of nitrogens with zero attached hydrogens (tertiary/aromatic N) is 4. The largest absolute Gasteiger partial charge is 0.573 e. The van der Waals surface area contributed by atoms with Gasteiger partial charge in [0.25, 0.3) is 11.5 Å². The number of nitrogens with one attached hydrogen (secondary N) is 1. The topological polar surface area (TPSA) is 102 Å². The first kappa shape index (κ1) is 24.8. The van der Waals surface area contributed by atoms with Crippen molar-refractivity contribution < 1.29 is 27.4 Å². The zero-order valence-corrected chi connectivity index (χ0v) is 19.8. The van der Waals surface area contributed by atoms with Crippen LogP contribution in [0.3, 0.4) is 0 Å². The van der Waals surface area contributed by atoms with E-state index in [1.165, 1.54) is 29.1 Å². The number of fused-ring (bicyclic) bond motifs is 1. The van der Waals surface area contributed by atoms with Gasteiger partial charge in [-0.2, -0.15) is 5.10 Å². The van der Waals surface area contributed by atoms with Crippen LogP contribution in [0.25, 0.3) is 16.7 Å². The molecule has 0 spiro atoms. The summed E-state index contributed by atoms with van der Waals surface area (Å²) < 4.78 is 49.2. The molecule has 1 aliphatic heterocycles. The summed E-state index contributed by atoms with van der Waals surface area (Å²) in [5, 5.41) is 4.65. The average Bonchev–Trinajstić information content (AvgIpc) is 3.29. The Labute approximate surface area is 212 Å². The lowest BCUT2D eigenvalue weighted by molar-refractivity contribution is -0.274. The van der Waals surface area contributed by atoms with Gasteiger partial charge >= 0.3 is 6.36 Å². The number of aromatic amines is 1. The van der Waals surface area contributed by atoms with E-state index in [-0.39, 0.29) is 39.8 Å². The first-order valence-electron chi connectivity index (χ1n) is 11.2. The summed E-state index contributed by atoms with van der Waals surface area (Å²) in [6.07, 6.45) is -3.72. The molecular weight excluding hydrogens is 515 g/mol. The van der Waals surface area contributed by atoms with Gasteiger partial charge in [-0.25, -0.2) is 9.67 Å². The SMILES string of the molecule is O=C(c1ccc(Cl)c(-n2ncc3c(=O)[nH]c(Cc4ccccc4OC(F)(F)F)nc32)c1)N1CCOCC1. The molecule has 1 amide bonds. The lowest BCUT2D eigenvalue weighted by Gasteiger charge is -2.27. The van der Waals surface area contributed by atoms with Gasteiger partial charge in [-0.05, 0) is 24.3 Å². The molecule has 1 fully saturated rings. The number of ether oxygens (including phenoxy) is 2. The van der Waals surface area contributed by atoms with Crippen LogP contribution in [0, 0.1) is 0 Å². The zero-order valence-electron chi connectivity index (χ0n) is 19.1. The number of H-pyrrole nitrogens is 1. The summed E-state index contributed by atoms with van der Waals surface area (Å²) >= 11 is 6.43. The number of carbonyl (C=O) groups excluding carboxylic acids is 1. The molecule has 13 heteroatoms. The fourth-order valence-electron chi connectivity index (χ4n) is 4.04. The van der Waals surface area contributed by atoms with E-state index in [1.54, 1.807) is 29.2 Å². The van der Waals surface area contributed by atoms with E-state index in [0.29, 0.717) is 37.6 Å². The predicted molar refractivity (Wildman–Crippen MR) is 127 cm³/mol. The molecular formula is C24H19ClF3N5O4. The molecule has 1 saturated heterocycles. The highest BCUT2D eigenvalue weighted by Crippen LogP contribution is 2.28. The minimum Gasteiger partial charge on any atom is -0.405 e. The summed E-state index contributed by atoms with van der Waals surface area (Å²) in [4.78, 5) is 34.4. The van der Waals surface area contributed by atoms with Crippen LogP contribution in [0.2, 0.25) is 5.02 Å². The number of benzene rings is 2. The molecule has 2 aromatic carbocycles. The fraction of sp³-hybridized carbons (Fsp3) is 0.250. The zero-order chi connectivity index (χ0) is 26.2. The number of hydrogen-bond acceptors (Lipinski definition) is 6. The van der Waals surface area contributed by atoms with E-state index in [0.717, 1.165) is 0 Å². The minimum atomic E-state index is -4.88. The van der Waals surface area contributed by atoms with Gasteiger partial charge in [0.05, 0.1) is 30.1 Å². The fourth-order valence-corrected chi connectivity index (χ4v) is 4.23. The maximum Gasteiger partial charge on any atom is 0.573 e. The Kier molecular flexibility index (Phi) is 6.61. The average molecular weight is 534 g/mol. The summed E-state index contributed by atoms with van der Waals surface area (Å²) in [6, 6.07) is 10.3. The monoisotopic (exact) mass is 533 g/mol. The van der Waals surface area contributed by atoms with Gasteiger partial charge in [0, 0.05) is 30.6 Å². The third-order valence-corrected chi connectivity index (χ3v) is 6.08. The van der Waals surface area contributed by atoms with Gasteiger partial charge in [0.2, 0.25) is 0 Å². The first-order chi connectivity index (χ1) is 17.7. The number of alkyl halides is 3. The van der Waals surface area contributed by atoms with E-state index < -0.39 is 17.7 Å². The van der Waals surface area contributed by atoms with Crippen LogP contribution < -0.4 is 10.3 Å². The van der Waals surface area contributed by atoms with Crippen LogP contribution in [0.4, 0.5) is 13.2 Å². The van der Waals surface area contributed by atoms with Gasteiger partial charge in [0.15, 0.2) is 5.65 Å². The predicted octanol–water partition coefficient (Wildman–Crippen LogP) is 3.72. The van der Waals surface area contributed by atoms with Crippen molar-refractivity contribution in [1.82, 2.24) is 24.6 Å².